The molecule has 224 valence electrons. The number of fused-ring (bicyclic) bond motifs is 2. The van der Waals surface area contributed by atoms with Crippen molar-refractivity contribution in [3.05, 3.63) is 98.7 Å². The molecule has 0 bridgehead atoms. The van der Waals surface area contributed by atoms with Gasteiger partial charge in [0.05, 0.1) is 35.9 Å². The molecular formula is C31H26N4O7S2. The molecule has 3 atom stereocenters. The fraction of sp³-hybridized carbons (Fsp3) is 0.226. The van der Waals surface area contributed by atoms with Crippen molar-refractivity contribution in [1.29, 1.82) is 0 Å². The number of ether oxygens (including phenoxy) is 2. The number of hydrogen-bond acceptors (Lipinski definition) is 10. The van der Waals surface area contributed by atoms with Crippen molar-refractivity contribution in [2.24, 2.45) is 5.92 Å². The Morgan fingerprint density at radius 1 is 1.00 bits per heavy atom. The molecule has 2 aliphatic heterocycles. The Kier molecular flexibility index (Phi) is 8.06. The molecule has 2 aromatic carbocycles. The topological polar surface area (TPSA) is 137 Å². The molecule has 1 N–H and O–H groups in total. The third-order valence-corrected chi connectivity index (χ3v) is 10.0. The molecule has 2 unspecified atom stereocenters. The number of aromatic nitrogens is 2. The number of anilines is 2. The third-order valence-electron chi connectivity index (χ3n) is 7.40. The van der Waals surface area contributed by atoms with Crippen LogP contribution in [0.1, 0.15) is 33.6 Å². The fourth-order valence-electron chi connectivity index (χ4n) is 5.41. The first-order valence-electron chi connectivity index (χ1n) is 13.7. The van der Waals surface area contributed by atoms with Gasteiger partial charge in [-0.25, -0.2) is 9.69 Å². The van der Waals surface area contributed by atoms with Crippen LogP contribution in [0.4, 0.5) is 11.4 Å². The SMILES string of the molecule is CCOC(=O)c1ccc(NC(=O)Cn2c3c(sc2=O)[C@H](c2cccnc2)C2C(=O)N(c4ccc(OC)cc4)C(=O)C2S3)cc1. The average molecular weight is 631 g/mol. The lowest BCUT2D eigenvalue weighted by Gasteiger charge is -2.30. The predicted octanol–water partition coefficient (Wildman–Crippen LogP) is 3.92. The maximum absolute atomic E-state index is 13.9. The van der Waals surface area contributed by atoms with Crippen molar-refractivity contribution in [2.75, 3.05) is 23.9 Å². The first kappa shape index (κ1) is 29.3. The maximum atomic E-state index is 13.9. The molecule has 6 rings (SSSR count). The van der Waals surface area contributed by atoms with Crippen LogP contribution in [0.25, 0.3) is 0 Å². The molecule has 0 spiro atoms. The van der Waals surface area contributed by atoms with Crippen LogP contribution >= 0.6 is 23.1 Å². The Balaban J connectivity index is 1.31. The lowest BCUT2D eigenvalue weighted by atomic mass is 9.84. The Morgan fingerprint density at radius 3 is 2.41 bits per heavy atom. The normalized spacial score (nSPS) is 18.9. The van der Waals surface area contributed by atoms with Crippen molar-refractivity contribution in [3.8, 4) is 5.75 Å². The van der Waals surface area contributed by atoms with E-state index in [0.717, 1.165) is 23.1 Å². The van der Waals surface area contributed by atoms with Crippen molar-refractivity contribution < 1.29 is 28.7 Å². The number of hydrogen-bond donors (Lipinski definition) is 1. The number of nitrogens with zero attached hydrogens (tertiary/aromatic N) is 3. The molecule has 2 aromatic heterocycles. The standard InChI is InChI=1S/C31H26N4O7S2/c1-3-42-30(39)17-6-8-19(9-7-17)33-22(36)16-34-29-26(44-31(34)40)23(18-5-4-14-32-15-18)24-25(43-29)28(38)35(27(24)37)20-10-12-21(41-2)13-11-20/h4-15,23-25H,3,16H2,1-2H3,(H,33,36)/t23-,24?,25?/m1/s1. The smallest absolute Gasteiger partial charge is 0.338 e. The zero-order chi connectivity index (χ0) is 31.0. The molecule has 2 aliphatic rings. The molecule has 13 heteroatoms. The number of nitrogens with one attached hydrogen (secondary N) is 1. The maximum Gasteiger partial charge on any atom is 0.338 e. The number of amides is 3. The van der Waals surface area contributed by atoms with Gasteiger partial charge in [0.15, 0.2) is 0 Å². The van der Waals surface area contributed by atoms with Crippen LogP contribution in [0.2, 0.25) is 0 Å². The van der Waals surface area contributed by atoms with E-state index in [9.17, 15) is 24.0 Å². The summed E-state index contributed by atoms with van der Waals surface area (Å²) in [6.07, 6.45) is 3.25. The van der Waals surface area contributed by atoms with Gasteiger partial charge in [-0.2, -0.15) is 0 Å². The molecule has 0 radical (unpaired) electrons. The summed E-state index contributed by atoms with van der Waals surface area (Å²) in [5.74, 6) is -2.49. The van der Waals surface area contributed by atoms with Crippen molar-refractivity contribution >= 4 is 58.2 Å². The molecule has 1 fully saturated rings. The molecule has 3 amide bonds. The zero-order valence-electron chi connectivity index (χ0n) is 23.6. The van der Waals surface area contributed by atoms with E-state index in [1.165, 1.54) is 28.7 Å². The van der Waals surface area contributed by atoms with Crippen LogP contribution in [-0.4, -0.2) is 52.2 Å². The monoisotopic (exact) mass is 630 g/mol. The van der Waals surface area contributed by atoms with Crippen molar-refractivity contribution in [1.82, 2.24) is 9.55 Å². The van der Waals surface area contributed by atoms with Crippen LogP contribution in [0.5, 0.6) is 5.75 Å². The second-order valence-corrected chi connectivity index (χ2v) is 12.1. The van der Waals surface area contributed by atoms with E-state index in [0.29, 0.717) is 38.2 Å². The van der Waals surface area contributed by atoms with E-state index in [1.807, 2.05) is 6.07 Å². The van der Waals surface area contributed by atoms with Gasteiger partial charge in [-0.05, 0) is 67.1 Å². The highest BCUT2D eigenvalue weighted by atomic mass is 32.2. The lowest BCUT2D eigenvalue weighted by molar-refractivity contribution is -0.122. The summed E-state index contributed by atoms with van der Waals surface area (Å²) in [4.78, 5) is 71.8. The number of thioether (sulfide) groups is 1. The third kappa shape index (κ3) is 5.28. The summed E-state index contributed by atoms with van der Waals surface area (Å²) in [6, 6.07) is 16.5. The Bertz CT molecular complexity index is 1800. The van der Waals surface area contributed by atoms with Gasteiger partial charge in [0.1, 0.15) is 17.5 Å². The number of methoxy groups -OCH3 is 1. The Morgan fingerprint density at radius 2 is 1.75 bits per heavy atom. The number of esters is 1. The molecule has 44 heavy (non-hydrogen) atoms. The number of rotatable bonds is 8. The Hall–Kier alpha value is -4.75. The number of benzene rings is 2. The summed E-state index contributed by atoms with van der Waals surface area (Å²) < 4.78 is 11.6. The van der Waals surface area contributed by atoms with Gasteiger partial charge in [-0.1, -0.05) is 29.2 Å². The van der Waals surface area contributed by atoms with Gasteiger partial charge in [0.2, 0.25) is 17.7 Å². The molecule has 0 saturated carbocycles. The fourth-order valence-corrected chi connectivity index (χ4v) is 8.18. The van der Waals surface area contributed by atoms with E-state index in [-0.39, 0.29) is 23.9 Å². The summed E-state index contributed by atoms with van der Waals surface area (Å²) in [5, 5.41) is 2.40. The number of thiazole rings is 1. The van der Waals surface area contributed by atoms with Crippen molar-refractivity contribution in [2.45, 2.75) is 29.7 Å². The van der Waals surface area contributed by atoms with E-state index < -0.39 is 34.9 Å². The number of carbonyl (C=O) groups is 4. The van der Waals surface area contributed by atoms with Crippen LogP contribution in [-0.2, 0) is 25.7 Å². The van der Waals surface area contributed by atoms with Gasteiger partial charge >= 0.3 is 10.8 Å². The summed E-state index contributed by atoms with van der Waals surface area (Å²) in [7, 11) is 1.53. The average Bonchev–Trinajstić information content (AvgIpc) is 3.48. The quantitative estimate of drug-likeness (QED) is 0.227. The minimum atomic E-state index is -0.818. The first-order chi connectivity index (χ1) is 21.3. The minimum absolute atomic E-state index is 0.248. The molecule has 4 aromatic rings. The van der Waals surface area contributed by atoms with Crippen LogP contribution in [0, 0.1) is 5.92 Å². The van der Waals surface area contributed by atoms with Gasteiger partial charge in [-0.3, -0.25) is 28.7 Å². The second-order valence-electron chi connectivity index (χ2n) is 10.0. The highest BCUT2D eigenvalue weighted by Gasteiger charge is 2.56. The molecule has 0 aliphatic carbocycles. The van der Waals surface area contributed by atoms with Crippen LogP contribution in [0.3, 0.4) is 0 Å². The first-order valence-corrected chi connectivity index (χ1v) is 15.4. The number of pyridine rings is 1. The molecule has 11 nitrogen and oxygen atoms in total. The van der Waals surface area contributed by atoms with E-state index in [1.54, 1.807) is 61.8 Å². The summed E-state index contributed by atoms with van der Waals surface area (Å²) in [6.45, 7) is 1.66. The van der Waals surface area contributed by atoms with Crippen molar-refractivity contribution in [3.63, 3.8) is 0 Å². The summed E-state index contributed by atoms with van der Waals surface area (Å²) in [5.41, 5.74) is 1.91. The number of imide groups is 1. The molecule has 1 saturated heterocycles. The highest BCUT2D eigenvalue weighted by Crippen LogP contribution is 2.53. The minimum Gasteiger partial charge on any atom is -0.497 e. The Labute approximate surface area is 259 Å². The molecular weight excluding hydrogens is 604 g/mol. The van der Waals surface area contributed by atoms with Gasteiger partial charge in [0, 0.05) is 28.9 Å². The van der Waals surface area contributed by atoms with E-state index in [2.05, 4.69) is 10.3 Å². The van der Waals surface area contributed by atoms with E-state index in [4.69, 9.17) is 9.47 Å². The molecule has 4 heterocycles. The number of carbonyl (C=O) groups excluding carboxylic acids is 4. The highest BCUT2D eigenvalue weighted by molar-refractivity contribution is 8.00. The van der Waals surface area contributed by atoms with Gasteiger partial charge in [0.25, 0.3) is 0 Å². The van der Waals surface area contributed by atoms with Crippen LogP contribution in [0.15, 0.2) is 82.9 Å². The lowest BCUT2D eigenvalue weighted by Crippen LogP contribution is -2.33. The predicted molar refractivity (Wildman–Crippen MR) is 164 cm³/mol. The largest absolute Gasteiger partial charge is 0.497 e. The summed E-state index contributed by atoms with van der Waals surface area (Å²) >= 11 is 2.10. The van der Waals surface area contributed by atoms with Gasteiger partial charge in [-0.15, -0.1) is 0 Å². The van der Waals surface area contributed by atoms with Gasteiger partial charge < -0.3 is 14.8 Å². The van der Waals surface area contributed by atoms with Crippen LogP contribution < -0.4 is 19.8 Å². The van der Waals surface area contributed by atoms with E-state index >= 15 is 0 Å². The zero-order valence-corrected chi connectivity index (χ0v) is 25.2. The second kappa shape index (κ2) is 12.1.